The van der Waals surface area contributed by atoms with E-state index in [4.69, 9.17) is 0 Å². The summed E-state index contributed by atoms with van der Waals surface area (Å²) in [6, 6.07) is 35.5. The first-order valence-corrected chi connectivity index (χ1v) is 12.8. The molecule has 5 rings (SSSR count). The number of benzene rings is 4. The van der Waals surface area contributed by atoms with Crippen molar-refractivity contribution in [2.24, 2.45) is 0 Å². The Morgan fingerprint density at radius 3 is 1.56 bits per heavy atom. The van der Waals surface area contributed by atoms with Crippen LogP contribution in [-0.2, 0) is 4.79 Å². The van der Waals surface area contributed by atoms with Gasteiger partial charge in [-0.05, 0) is 47.1 Å². The van der Waals surface area contributed by atoms with Crippen molar-refractivity contribution in [3.8, 4) is 0 Å². The number of allylic oxidation sites excluding steroid dienone is 1. The molecule has 0 saturated carbocycles. The summed E-state index contributed by atoms with van der Waals surface area (Å²) in [7, 11) is 0. The van der Waals surface area contributed by atoms with Crippen LogP contribution in [0.1, 0.15) is 37.4 Å². The third-order valence-corrected chi connectivity index (χ3v) is 6.52. The van der Waals surface area contributed by atoms with E-state index in [-0.39, 0.29) is 30.6 Å². The van der Waals surface area contributed by atoms with Crippen molar-refractivity contribution in [2.75, 3.05) is 13.1 Å². The summed E-state index contributed by atoms with van der Waals surface area (Å²) in [6.07, 6.45) is 6.99. The molecule has 1 heterocycles. The summed E-state index contributed by atoms with van der Waals surface area (Å²) >= 11 is 0. The first-order valence-electron chi connectivity index (χ1n) is 12.8. The zero-order valence-electron chi connectivity index (χ0n) is 21.4. The summed E-state index contributed by atoms with van der Waals surface area (Å²) in [5.41, 5.74) is 4.93. The summed E-state index contributed by atoms with van der Waals surface area (Å²) in [4.78, 5) is 41.0. The largest absolute Gasteiger partial charge is 0.330 e. The molecule has 190 valence electrons. The Morgan fingerprint density at radius 2 is 1.05 bits per heavy atom. The maximum atomic E-state index is 13.6. The lowest BCUT2D eigenvalue weighted by atomic mass is 9.93. The lowest BCUT2D eigenvalue weighted by molar-refractivity contribution is -0.113. The standard InChI is InChI=1S/C35H27NO3/c37-33(29-14-8-3-9-15-29)21-18-26-16-19-30(20-17-26)35(39)36-24-31(22-27-10-4-1-5-11-27)34(38)32(25-36)23-28-12-6-2-7-13-28/h1-23H,24-25H2/b21-18+,31-22+,32-23+. The van der Waals surface area contributed by atoms with Crippen molar-refractivity contribution in [2.45, 2.75) is 0 Å². The van der Waals surface area contributed by atoms with Crippen molar-refractivity contribution in [3.05, 3.63) is 160 Å². The van der Waals surface area contributed by atoms with E-state index in [0.717, 1.165) is 16.7 Å². The molecule has 4 heteroatoms. The molecule has 39 heavy (non-hydrogen) atoms. The lowest BCUT2D eigenvalue weighted by Gasteiger charge is -2.30. The second-order valence-electron chi connectivity index (χ2n) is 9.34. The molecule has 0 unspecified atom stereocenters. The van der Waals surface area contributed by atoms with Crippen LogP contribution in [0.25, 0.3) is 18.2 Å². The Labute approximate surface area is 228 Å². The van der Waals surface area contributed by atoms with Gasteiger partial charge in [0.1, 0.15) is 0 Å². The number of carbonyl (C=O) groups excluding carboxylic acids is 3. The smallest absolute Gasteiger partial charge is 0.254 e. The second kappa shape index (κ2) is 12.0. The van der Waals surface area contributed by atoms with Gasteiger partial charge < -0.3 is 4.90 Å². The highest BCUT2D eigenvalue weighted by molar-refractivity contribution is 6.16. The normalized spacial score (nSPS) is 15.7. The first-order chi connectivity index (χ1) is 19.1. The van der Waals surface area contributed by atoms with Gasteiger partial charge in [0.05, 0.1) is 13.1 Å². The van der Waals surface area contributed by atoms with Crippen LogP contribution in [0.15, 0.2) is 132 Å². The Bertz CT molecular complexity index is 1500. The van der Waals surface area contributed by atoms with Gasteiger partial charge >= 0.3 is 0 Å². The minimum atomic E-state index is -0.156. The van der Waals surface area contributed by atoms with Gasteiger partial charge in [-0.3, -0.25) is 14.4 Å². The van der Waals surface area contributed by atoms with Gasteiger partial charge in [-0.2, -0.15) is 0 Å². The van der Waals surface area contributed by atoms with E-state index < -0.39 is 0 Å². The highest BCUT2D eigenvalue weighted by atomic mass is 16.2. The lowest BCUT2D eigenvalue weighted by Crippen LogP contribution is -2.41. The van der Waals surface area contributed by atoms with E-state index in [2.05, 4.69) is 0 Å². The molecule has 1 fully saturated rings. The molecule has 0 atom stereocenters. The number of ketones is 2. The van der Waals surface area contributed by atoms with Crippen molar-refractivity contribution in [1.29, 1.82) is 0 Å². The zero-order chi connectivity index (χ0) is 27.0. The van der Waals surface area contributed by atoms with Gasteiger partial charge in [0.15, 0.2) is 11.6 Å². The number of likely N-dealkylation sites (tertiary alicyclic amines) is 1. The van der Waals surface area contributed by atoms with Gasteiger partial charge in [0, 0.05) is 22.3 Å². The molecule has 4 aromatic carbocycles. The monoisotopic (exact) mass is 509 g/mol. The summed E-state index contributed by atoms with van der Waals surface area (Å²) in [6.45, 7) is 0.456. The maximum absolute atomic E-state index is 13.6. The molecule has 0 N–H and O–H groups in total. The highest BCUT2D eigenvalue weighted by Crippen LogP contribution is 2.24. The number of carbonyl (C=O) groups is 3. The minimum Gasteiger partial charge on any atom is -0.330 e. The van der Waals surface area contributed by atoms with Gasteiger partial charge in [-0.15, -0.1) is 0 Å². The molecule has 0 bridgehead atoms. The quantitative estimate of drug-likeness (QED) is 0.213. The van der Waals surface area contributed by atoms with Crippen LogP contribution < -0.4 is 0 Å². The van der Waals surface area contributed by atoms with Crippen LogP contribution in [0.2, 0.25) is 0 Å². The third kappa shape index (κ3) is 6.43. The number of amides is 1. The third-order valence-electron chi connectivity index (χ3n) is 6.52. The van der Waals surface area contributed by atoms with Gasteiger partial charge in [0.2, 0.25) is 0 Å². The van der Waals surface area contributed by atoms with Crippen molar-refractivity contribution >= 4 is 35.7 Å². The number of hydrogen-bond acceptors (Lipinski definition) is 3. The first kappa shape index (κ1) is 25.6. The summed E-state index contributed by atoms with van der Waals surface area (Å²) < 4.78 is 0. The number of piperidine rings is 1. The van der Waals surface area contributed by atoms with E-state index >= 15 is 0 Å². The van der Waals surface area contributed by atoms with Crippen LogP contribution in [0.3, 0.4) is 0 Å². The van der Waals surface area contributed by atoms with E-state index in [1.807, 2.05) is 103 Å². The highest BCUT2D eigenvalue weighted by Gasteiger charge is 2.29. The molecular formula is C35H27NO3. The maximum Gasteiger partial charge on any atom is 0.254 e. The van der Waals surface area contributed by atoms with Crippen molar-refractivity contribution in [3.63, 3.8) is 0 Å². The van der Waals surface area contributed by atoms with Gasteiger partial charge in [-0.25, -0.2) is 0 Å². The molecule has 4 aromatic rings. The molecule has 4 nitrogen and oxygen atoms in total. The summed E-state index contributed by atoms with van der Waals surface area (Å²) in [5, 5.41) is 0. The predicted octanol–water partition coefficient (Wildman–Crippen LogP) is 6.77. The Hall–Kier alpha value is -5.09. The van der Waals surface area contributed by atoms with Crippen LogP contribution in [0.4, 0.5) is 0 Å². The second-order valence-corrected chi connectivity index (χ2v) is 9.34. The molecule has 1 amide bonds. The molecule has 1 aliphatic heterocycles. The average molecular weight is 510 g/mol. The van der Waals surface area contributed by atoms with Crippen molar-refractivity contribution < 1.29 is 14.4 Å². The molecule has 1 saturated heterocycles. The Balaban J connectivity index is 1.38. The van der Waals surface area contributed by atoms with Crippen LogP contribution in [0, 0.1) is 0 Å². The summed E-state index contributed by atoms with van der Waals surface area (Å²) in [5.74, 6) is -0.282. The number of hydrogen-bond donors (Lipinski definition) is 0. The fourth-order valence-corrected chi connectivity index (χ4v) is 4.47. The number of Topliss-reactive ketones (excluding diaryl/α,β-unsaturated/α-hetero) is 1. The van der Waals surface area contributed by atoms with Gasteiger partial charge in [0.25, 0.3) is 5.91 Å². The zero-order valence-corrected chi connectivity index (χ0v) is 21.4. The molecular weight excluding hydrogens is 482 g/mol. The van der Waals surface area contributed by atoms with Crippen LogP contribution >= 0.6 is 0 Å². The Kier molecular flexibility index (Phi) is 7.84. The average Bonchev–Trinajstić information content (AvgIpc) is 2.99. The topological polar surface area (TPSA) is 54.5 Å². The fraction of sp³-hybridized carbons (Fsp3) is 0.0571. The SMILES string of the molecule is O=C1/C(=C/c2ccccc2)CN(C(=O)c2ccc(/C=C/C(=O)c3ccccc3)cc2)C/C1=C\c1ccccc1. The van der Waals surface area contributed by atoms with Crippen LogP contribution in [0.5, 0.6) is 0 Å². The Morgan fingerprint density at radius 1 is 0.564 bits per heavy atom. The number of nitrogens with zero attached hydrogens (tertiary/aromatic N) is 1. The van der Waals surface area contributed by atoms with Crippen molar-refractivity contribution in [1.82, 2.24) is 4.90 Å². The minimum absolute atomic E-state index is 0.0460. The van der Waals surface area contributed by atoms with E-state index in [1.165, 1.54) is 6.08 Å². The predicted molar refractivity (Wildman–Crippen MR) is 156 cm³/mol. The van der Waals surface area contributed by atoms with Crippen LogP contribution in [-0.4, -0.2) is 35.5 Å². The van der Waals surface area contributed by atoms with E-state index in [9.17, 15) is 14.4 Å². The number of rotatable bonds is 6. The van der Waals surface area contributed by atoms with E-state index in [1.54, 1.807) is 35.2 Å². The molecule has 0 radical (unpaired) electrons. The van der Waals surface area contributed by atoms with Gasteiger partial charge in [-0.1, -0.05) is 109 Å². The molecule has 1 aliphatic rings. The fourth-order valence-electron chi connectivity index (χ4n) is 4.47. The molecule has 0 spiro atoms. The van der Waals surface area contributed by atoms with E-state index in [0.29, 0.717) is 22.3 Å². The molecule has 0 aliphatic carbocycles. The molecule has 0 aromatic heterocycles.